The Morgan fingerprint density at radius 3 is 2.10 bits per heavy atom. The zero-order chi connectivity index (χ0) is 14.8. The maximum atomic E-state index is 14.9. The number of halogens is 1. The Morgan fingerprint density at radius 2 is 1.65 bits per heavy atom. The van der Waals surface area contributed by atoms with Gasteiger partial charge >= 0.3 is 0 Å². The lowest BCUT2D eigenvalue weighted by atomic mass is 9.92. The van der Waals surface area contributed by atoms with Crippen LogP contribution in [0.1, 0.15) is 33.6 Å². The highest BCUT2D eigenvalue weighted by atomic mass is 19.1. The minimum absolute atomic E-state index is 0.0672. The first-order chi connectivity index (χ1) is 9.39. The van der Waals surface area contributed by atoms with E-state index < -0.39 is 5.67 Å². The van der Waals surface area contributed by atoms with Crippen molar-refractivity contribution in [2.45, 2.75) is 45.3 Å². The molecule has 0 aromatic rings. The largest absolute Gasteiger partial charge is 0.343 e. The topological polar surface area (TPSA) is 26.8 Å². The Morgan fingerprint density at radius 1 is 1.10 bits per heavy atom. The average Bonchev–Trinajstić information content (AvgIpc) is 2.39. The predicted molar refractivity (Wildman–Crippen MR) is 78.5 cm³/mol. The molecular formula is C15H28FN3O. The number of carbonyl (C=O) groups excluding carboxylic acids is 1. The number of hydrogen-bond acceptors (Lipinski definition) is 3. The predicted octanol–water partition coefficient (Wildman–Crippen LogP) is 1.36. The van der Waals surface area contributed by atoms with Gasteiger partial charge in [-0.3, -0.25) is 14.6 Å². The summed E-state index contributed by atoms with van der Waals surface area (Å²) in [5.41, 5.74) is -1.11. The summed E-state index contributed by atoms with van der Waals surface area (Å²) in [6, 6.07) is 0.579. The summed E-state index contributed by atoms with van der Waals surface area (Å²) in [6.07, 6.45) is 0.966. The van der Waals surface area contributed by atoms with Crippen LogP contribution < -0.4 is 0 Å². The van der Waals surface area contributed by atoms with Crippen LogP contribution in [0.15, 0.2) is 0 Å². The number of hydrogen-bond donors (Lipinski definition) is 0. The van der Waals surface area contributed by atoms with Crippen LogP contribution >= 0.6 is 0 Å². The molecule has 20 heavy (non-hydrogen) atoms. The normalized spacial score (nSPS) is 25.1. The second-order valence-electron chi connectivity index (χ2n) is 6.56. The third-order valence-corrected chi connectivity index (χ3v) is 4.75. The molecule has 0 spiro atoms. The Bertz CT molecular complexity index is 332. The summed E-state index contributed by atoms with van der Waals surface area (Å²) in [5.74, 6) is 0.0672. The van der Waals surface area contributed by atoms with Crippen molar-refractivity contribution in [2.24, 2.45) is 0 Å². The van der Waals surface area contributed by atoms with Gasteiger partial charge in [-0.2, -0.15) is 0 Å². The van der Waals surface area contributed by atoms with Crippen LogP contribution in [0.2, 0.25) is 0 Å². The molecule has 4 nitrogen and oxygen atoms in total. The van der Waals surface area contributed by atoms with Crippen LogP contribution in [0.4, 0.5) is 4.39 Å². The molecule has 0 aromatic carbocycles. The summed E-state index contributed by atoms with van der Waals surface area (Å²) in [4.78, 5) is 17.7. The van der Waals surface area contributed by atoms with Gasteiger partial charge in [-0.25, -0.2) is 4.39 Å². The summed E-state index contributed by atoms with van der Waals surface area (Å²) in [7, 11) is 0. The van der Waals surface area contributed by atoms with E-state index in [2.05, 4.69) is 23.6 Å². The number of piperidine rings is 1. The number of rotatable bonds is 3. The number of nitrogens with zero attached hydrogens (tertiary/aromatic N) is 3. The summed E-state index contributed by atoms with van der Waals surface area (Å²) in [5, 5.41) is 0. The molecule has 0 N–H and O–H groups in total. The van der Waals surface area contributed by atoms with Crippen LogP contribution in [-0.2, 0) is 4.79 Å². The van der Waals surface area contributed by atoms with Crippen LogP contribution in [0.5, 0.6) is 0 Å². The lowest BCUT2D eigenvalue weighted by Gasteiger charge is -2.42. The van der Waals surface area contributed by atoms with Crippen LogP contribution in [0.25, 0.3) is 0 Å². The summed E-state index contributed by atoms with van der Waals surface area (Å²) < 4.78 is 14.9. The molecule has 2 aliphatic rings. The van der Waals surface area contributed by atoms with Crippen molar-refractivity contribution in [3.8, 4) is 0 Å². The van der Waals surface area contributed by atoms with Gasteiger partial charge in [-0.1, -0.05) is 0 Å². The first kappa shape index (κ1) is 15.7. The van der Waals surface area contributed by atoms with E-state index in [1.807, 2.05) is 0 Å². The van der Waals surface area contributed by atoms with Crippen molar-refractivity contribution in [3.05, 3.63) is 0 Å². The molecule has 1 amide bonds. The van der Waals surface area contributed by atoms with Crippen LogP contribution in [0, 0.1) is 0 Å². The van der Waals surface area contributed by atoms with Gasteiger partial charge in [-0.15, -0.1) is 0 Å². The molecule has 116 valence electrons. The van der Waals surface area contributed by atoms with E-state index in [-0.39, 0.29) is 5.91 Å². The quantitative estimate of drug-likeness (QED) is 0.783. The lowest BCUT2D eigenvalue weighted by molar-refractivity contribution is -0.131. The second-order valence-corrected chi connectivity index (χ2v) is 6.56. The summed E-state index contributed by atoms with van der Waals surface area (Å²) in [6.45, 7) is 11.6. The molecule has 0 radical (unpaired) electrons. The fraction of sp³-hybridized carbons (Fsp3) is 0.933. The summed E-state index contributed by atoms with van der Waals surface area (Å²) >= 11 is 0. The number of likely N-dealkylation sites (tertiary alicyclic amines) is 1. The Hall–Kier alpha value is -0.680. The van der Waals surface area contributed by atoms with E-state index in [0.29, 0.717) is 38.5 Å². The van der Waals surface area contributed by atoms with Gasteiger partial charge in [-0.05, 0) is 13.8 Å². The van der Waals surface area contributed by atoms with Gasteiger partial charge in [0.15, 0.2) is 0 Å². The molecule has 0 bridgehead atoms. The van der Waals surface area contributed by atoms with E-state index in [4.69, 9.17) is 0 Å². The average molecular weight is 285 g/mol. The highest BCUT2D eigenvalue weighted by Gasteiger charge is 2.37. The molecule has 0 atom stereocenters. The number of piperazine rings is 1. The zero-order valence-electron chi connectivity index (χ0n) is 13.1. The van der Waals surface area contributed by atoms with E-state index in [0.717, 1.165) is 26.2 Å². The lowest BCUT2D eigenvalue weighted by Crippen LogP contribution is -2.54. The fourth-order valence-corrected chi connectivity index (χ4v) is 3.22. The van der Waals surface area contributed by atoms with Crippen molar-refractivity contribution in [1.82, 2.24) is 14.7 Å². The van der Waals surface area contributed by atoms with Crippen LogP contribution in [0.3, 0.4) is 0 Å². The first-order valence-electron chi connectivity index (χ1n) is 7.80. The molecule has 2 fully saturated rings. The Labute approximate surface area is 121 Å². The minimum Gasteiger partial charge on any atom is -0.343 e. The van der Waals surface area contributed by atoms with Crippen molar-refractivity contribution in [1.29, 1.82) is 0 Å². The van der Waals surface area contributed by atoms with E-state index in [9.17, 15) is 9.18 Å². The Kier molecular flexibility index (Phi) is 5.02. The molecule has 0 aliphatic carbocycles. The van der Waals surface area contributed by atoms with E-state index in [1.165, 1.54) is 0 Å². The number of alkyl halides is 1. The smallest absolute Gasteiger partial charge is 0.219 e. The third-order valence-electron chi connectivity index (χ3n) is 4.75. The zero-order valence-corrected chi connectivity index (χ0v) is 13.1. The van der Waals surface area contributed by atoms with Gasteiger partial charge in [0.25, 0.3) is 0 Å². The van der Waals surface area contributed by atoms with Crippen molar-refractivity contribution < 1.29 is 9.18 Å². The van der Waals surface area contributed by atoms with Gasteiger partial charge in [0, 0.05) is 71.6 Å². The maximum absolute atomic E-state index is 14.9. The van der Waals surface area contributed by atoms with Crippen molar-refractivity contribution in [2.75, 3.05) is 45.8 Å². The molecule has 0 aromatic heterocycles. The molecule has 0 unspecified atom stereocenters. The molecule has 0 saturated carbocycles. The molecule has 2 rings (SSSR count). The SMILES string of the molecule is CC(=O)N1CCC(F)(CN2CCN(C(C)C)CC2)CC1. The molecule has 2 saturated heterocycles. The monoisotopic (exact) mass is 285 g/mol. The van der Waals surface area contributed by atoms with Gasteiger partial charge < -0.3 is 4.90 Å². The molecule has 5 heteroatoms. The number of amides is 1. The van der Waals surface area contributed by atoms with Crippen LogP contribution in [-0.4, -0.2) is 78.1 Å². The van der Waals surface area contributed by atoms with Crippen molar-refractivity contribution in [3.63, 3.8) is 0 Å². The highest BCUT2D eigenvalue weighted by Crippen LogP contribution is 2.28. The molecule has 2 aliphatic heterocycles. The third kappa shape index (κ3) is 3.92. The van der Waals surface area contributed by atoms with Gasteiger partial charge in [0.1, 0.15) is 5.67 Å². The standard InChI is InChI=1S/C15H28FN3O/c1-13(2)18-10-8-17(9-11-18)12-15(16)4-6-19(7-5-15)14(3)20/h13H,4-12H2,1-3H3. The molecule has 2 heterocycles. The van der Waals surface area contributed by atoms with Gasteiger partial charge in [0.2, 0.25) is 5.91 Å². The Balaban J connectivity index is 1.78. The fourth-order valence-electron chi connectivity index (χ4n) is 3.22. The van der Waals surface area contributed by atoms with Crippen molar-refractivity contribution >= 4 is 5.91 Å². The second kappa shape index (κ2) is 6.39. The first-order valence-corrected chi connectivity index (χ1v) is 7.80. The van der Waals surface area contributed by atoms with E-state index >= 15 is 0 Å². The number of carbonyl (C=O) groups is 1. The van der Waals surface area contributed by atoms with Gasteiger partial charge in [0.05, 0.1) is 0 Å². The van der Waals surface area contributed by atoms with E-state index in [1.54, 1.807) is 11.8 Å². The minimum atomic E-state index is -1.11. The molecular weight excluding hydrogens is 257 g/mol. The maximum Gasteiger partial charge on any atom is 0.219 e. The highest BCUT2D eigenvalue weighted by molar-refractivity contribution is 5.73.